The van der Waals surface area contributed by atoms with Crippen molar-refractivity contribution in [3.05, 3.63) is 29.8 Å². The van der Waals surface area contributed by atoms with Crippen LogP contribution >= 0.6 is 0 Å². The maximum absolute atomic E-state index is 10.5. The fourth-order valence-electron chi connectivity index (χ4n) is 3.61. The zero-order valence-corrected chi connectivity index (χ0v) is 15.5. The molecule has 0 saturated heterocycles. The van der Waals surface area contributed by atoms with Crippen LogP contribution in [0.4, 0.5) is 5.69 Å². The van der Waals surface area contributed by atoms with Crippen molar-refractivity contribution in [3.8, 4) is 0 Å². The van der Waals surface area contributed by atoms with Crippen molar-refractivity contribution in [1.29, 1.82) is 0 Å². The lowest BCUT2D eigenvalue weighted by Crippen LogP contribution is -2.26. The summed E-state index contributed by atoms with van der Waals surface area (Å²) in [5.74, 6) is 0.125. The van der Waals surface area contributed by atoms with E-state index in [-0.39, 0.29) is 5.41 Å². The van der Waals surface area contributed by atoms with Crippen molar-refractivity contribution < 1.29 is 9.90 Å². The molecule has 1 saturated carbocycles. The molecular formula is C21H33NO2. The van der Waals surface area contributed by atoms with E-state index >= 15 is 0 Å². The molecule has 2 N–H and O–H groups in total. The molecule has 0 aromatic heterocycles. The van der Waals surface area contributed by atoms with Crippen LogP contribution in [0.15, 0.2) is 24.3 Å². The van der Waals surface area contributed by atoms with Crippen molar-refractivity contribution in [2.75, 3.05) is 5.32 Å². The average molecular weight is 332 g/mol. The Kier molecular flexibility index (Phi) is 6.70. The molecule has 1 aliphatic carbocycles. The molecule has 0 unspecified atom stereocenters. The number of carbonyl (C=O) groups is 1. The highest BCUT2D eigenvalue weighted by molar-refractivity contribution is 5.66. The fourth-order valence-corrected chi connectivity index (χ4v) is 3.61. The predicted molar refractivity (Wildman–Crippen MR) is 101 cm³/mol. The molecule has 0 aliphatic heterocycles. The minimum absolute atomic E-state index is 0.206. The first-order valence-corrected chi connectivity index (χ1v) is 9.43. The first-order valence-electron chi connectivity index (χ1n) is 9.43. The maximum atomic E-state index is 10.5. The Bertz CT molecular complexity index is 508. The second-order valence-corrected chi connectivity index (χ2v) is 8.33. The highest BCUT2D eigenvalue weighted by atomic mass is 16.4. The van der Waals surface area contributed by atoms with Gasteiger partial charge in [-0.25, -0.2) is 0 Å². The van der Waals surface area contributed by atoms with Crippen LogP contribution in [-0.4, -0.2) is 17.1 Å². The first-order chi connectivity index (χ1) is 11.3. The van der Waals surface area contributed by atoms with E-state index in [1.54, 1.807) is 0 Å². The van der Waals surface area contributed by atoms with Crippen LogP contribution in [0.5, 0.6) is 0 Å². The highest BCUT2D eigenvalue weighted by Gasteiger charge is 2.21. The molecule has 24 heavy (non-hydrogen) atoms. The van der Waals surface area contributed by atoms with Crippen LogP contribution in [0, 0.1) is 5.92 Å². The minimum atomic E-state index is -0.666. The van der Waals surface area contributed by atoms with Gasteiger partial charge in [-0.2, -0.15) is 0 Å². The molecule has 134 valence electrons. The zero-order valence-electron chi connectivity index (χ0n) is 15.5. The van der Waals surface area contributed by atoms with E-state index in [1.165, 1.54) is 43.4 Å². The Labute approximate surface area is 146 Å². The summed E-state index contributed by atoms with van der Waals surface area (Å²) >= 11 is 0. The Hall–Kier alpha value is -1.51. The van der Waals surface area contributed by atoms with Gasteiger partial charge < -0.3 is 10.4 Å². The van der Waals surface area contributed by atoms with Gasteiger partial charge in [0, 0.05) is 18.2 Å². The average Bonchev–Trinajstić information content (AvgIpc) is 2.52. The van der Waals surface area contributed by atoms with Gasteiger partial charge in [-0.3, -0.25) is 4.79 Å². The van der Waals surface area contributed by atoms with Crippen molar-refractivity contribution in [3.63, 3.8) is 0 Å². The first kappa shape index (κ1) is 18.8. The third-order valence-electron chi connectivity index (χ3n) is 5.22. The summed E-state index contributed by atoms with van der Waals surface area (Å²) < 4.78 is 0. The molecule has 0 amide bonds. The van der Waals surface area contributed by atoms with Crippen LogP contribution in [0.2, 0.25) is 0 Å². The summed E-state index contributed by atoms with van der Waals surface area (Å²) in [7, 11) is 0. The lowest BCUT2D eigenvalue weighted by atomic mass is 9.83. The van der Waals surface area contributed by atoms with Gasteiger partial charge in [-0.05, 0) is 61.1 Å². The van der Waals surface area contributed by atoms with Gasteiger partial charge in [0.05, 0.1) is 0 Å². The molecule has 3 heteroatoms. The maximum Gasteiger partial charge on any atom is 0.303 e. The summed E-state index contributed by atoms with van der Waals surface area (Å²) in [6.45, 7) is 6.73. The largest absolute Gasteiger partial charge is 0.481 e. The van der Waals surface area contributed by atoms with Crippen molar-refractivity contribution >= 4 is 11.7 Å². The van der Waals surface area contributed by atoms with Gasteiger partial charge >= 0.3 is 5.97 Å². The van der Waals surface area contributed by atoms with Crippen LogP contribution in [0.3, 0.4) is 0 Å². The number of unbranched alkanes of at least 4 members (excludes halogenated alkanes) is 1. The summed E-state index contributed by atoms with van der Waals surface area (Å²) in [6, 6.07) is 9.46. The lowest BCUT2D eigenvalue weighted by Gasteiger charge is -2.30. The standard InChI is InChI=1S/C21H33NO2/c1-21(2,3)17-10-14-19(15-11-17)22-18-12-8-16(9-13-18)6-4-5-7-20(23)24/h10-11,14-16,18,22H,4-9,12-13H2,1-3H3,(H,23,24). The van der Waals surface area contributed by atoms with Gasteiger partial charge in [0.25, 0.3) is 0 Å². The molecule has 1 aromatic rings. The summed E-state index contributed by atoms with van der Waals surface area (Å²) in [5, 5.41) is 12.4. The van der Waals surface area contributed by atoms with Crippen LogP contribution in [0.1, 0.15) is 77.7 Å². The minimum Gasteiger partial charge on any atom is -0.481 e. The van der Waals surface area contributed by atoms with Crippen molar-refractivity contribution in [1.82, 2.24) is 0 Å². The number of nitrogens with one attached hydrogen (secondary N) is 1. The van der Waals surface area contributed by atoms with Crippen LogP contribution in [-0.2, 0) is 10.2 Å². The smallest absolute Gasteiger partial charge is 0.303 e. The van der Waals surface area contributed by atoms with Crippen LogP contribution in [0.25, 0.3) is 0 Å². The number of rotatable bonds is 7. The monoisotopic (exact) mass is 331 g/mol. The number of carboxylic acid groups (broad SMARTS) is 1. The van der Waals surface area contributed by atoms with Crippen LogP contribution < -0.4 is 5.32 Å². The van der Waals surface area contributed by atoms with Gasteiger partial charge in [0.1, 0.15) is 0 Å². The van der Waals surface area contributed by atoms with E-state index in [1.807, 2.05) is 0 Å². The third kappa shape index (κ3) is 6.18. The van der Waals surface area contributed by atoms with E-state index in [0.717, 1.165) is 18.8 Å². The molecule has 1 aromatic carbocycles. The number of hydrogen-bond donors (Lipinski definition) is 2. The van der Waals surface area contributed by atoms with E-state index in [9.17, 15) is 4.79 Å². The second-order valence-electron chi connectivity index (χ2n) is 8.33. The molecule has 0 radical (unpaired) electrons. The van der Waals surface area contributed by atoms with Gasteiger partial charge in [-0.15, -0.1) is 0 Å². The molecule has 3 nitrogen and oxygen atoms in total. The number of aliphatic carboxylic acids is 1. The van der Waals surface area contributed by atoms with E-state index in [4.69, 9.17) is 5.11 Å². The fraction of sp³-hybridized carbons (Fsp3) is 0.667. The second kappa shape index (κ2) is 8.55. The molecule has 0 spiro atoms. The van der Waals surface area contributed by atoms with Gasteiger partial charge in [0.15, 0.2) is 0 Å². The third-order valence-corrected chi connectivity index (χ3v) is 5.22. The van der Waals surface area contributed by atoms with Crippen molar-refractivity contribution in [2.24, 2.45) is 5.92 Å². The van der Waals surface area contributed by atoms with E-state index < -0.39 is 5.97 Å². The molecular weight excluding hydrogens is 298 g/mol. The Morgan fingerprint density at radius 3 is 2.25 bits per heavy atom. The topological polar surface area (TPSA) is 49.3 Å². The quantitative estimate of drug-likeness (QED) is 0.639. The normalized spacial score (nSPS) is 21.5. The van der Waals surface area contributed by atoms with Gasteiger partial charge in [-0.1, -0.05) is 45.7 Å². The molecule has 1 fully saturated rings. The van der Waals surface area contributed by atoms with E-state index in [0.29, 0.717) is 12.5 Å². The molecule has 0 bridgehead atoms. The molecule has 0 heterocycles. The lowest BCUT2D eigenvalue weighted by molar-refractivity contribution is -0.137. The van der Waals surface area contributed by atoms with Crippen molar-refractivity contribution in [2.45, 2.75) is 83.6 Å². The Balaban J connectivity index is 1.70. The number of benzene rings is 1. The summed E-state index contributed by atoms with van der Waals surface area (Å²) in [4.78, 5) is 10.5. The highest BCUT2D eigenvalue weighted by Crippen LogP contribution is 2.30. The number of carboxylic acids is 1. The Morgan fingerprint density at radius 2 is 1.71 bits per heavy atom. The van der Waals surface area contributed by atoms with E-state index in [2.05, 4.69) is 50.4 Å². The number of anilines is 1. The van der Waals surface area contributed by atoms with Gasteiger partial charge in [0.2, 0.25) is 0 Å². The predicted octanol–water partition coefficient (Wildman–Crippen LogP) is 5.60. The molecule has 0 atom stereocenters. The summed E-state index contributed by atoms with van der Waals surface area (Å²) in [6.07, 6.45) is 8.39. The number of hydrogen-bond acceptors (Lipinski definition) is 2. The SMILES string of the molecule is CC(C)(C)c1ccc(NC2CCC(CCCCC(=O)O)CC2)cc1. The molecule has 2 rings (SSSR count). The molecule has 1 aliphatic rings. The Morgan fingerprint density at radius 1 is 1.08 bits per heavy atom. The zero-order chi connectivity index (χ0) is 17.6. The summed E-state index contributed by atoms with van der Waals surface area (Å²) in [5.41, 5.74) is 2.81.